The van der Waals surface area contributed by atoms with Crippen LogP contribution < -0.4 is 0 Å². The third-order valence-corrected chi connectivity index (χ3v) is 6.92. The van der Waals surface area contributed by atoms with E-state index in [-0.39, 0.29) is 38.3 Å². The molecule has 0 heterocycles. The van der Waals surface area contributed by atoms with E-state index in [1.165, 1.54) is 10.4 Å². The Bertz CT molecular complexity index is 367. The standard InChI is InChI=1S/2C8H13Si.Lu.H/c2*1-9(2,3)8-6-4-5-7-8;;/h2*4,6H,5H2,1-3H3;;/q2*-1;;-1. The van der Waals surface area contributed by atoms with Gasteiger partial charge in [-0.2, -0.15) is 12.2 Å². The molecule has 0 saturated heterocycles. The van der Waals surface area contributed by atoms with Crippen molar-refractivity contribution in [2.75, 3.05) is 0 Å². The first-order valence-electron chi connectivity index (χ1n) is 6.77. The predicted octanol–water partition coefficient (Wildman–Crippen LogP) is 5.22. The van der Waals surface area contributed by atoms with Gasteiger partial charge in [0.1, 0.15) is 0 Å². The van der Waals surface area contributed by atoms with Crippen molar-refractivity contribution in [2.45, 2.75) is 52.1 Å². The summed E-state index contributed by atoms with van der Waals surface area (Å²) in [7, 11) is -2.01. The van der Waals surface area contributed by atoms with Crippen LogP contribution >= 0.6 is 0 Å². The predicted molar refractivity (Wildman–Crippen MR) is 88.8 cm³/mol. The molecule has 2 aliphatic carbocycles. The van der Waals surface area contributed by atoms with Gasteiger partial charge in [-0.3, -0.25) is 12.2 Å². The number of hydrogen-bond acceptors (Lipinski definition) is 0. The Labute approximate surface area is 152 Å². The molecule has 0 fully saturated rings. The van der Waals surface area contributed by atoms with Gasteiger partial charge in [-0.15, -0.1) is 12.8 Å². The van der Waals surface area contributed by atoms with Gasteiger partial charge in [0.25, 0.3) is 0 Å². The third-order valence-electron chi connectivity index (χ3n) is 3.01. The average molecular weight is 451 g/mol. The first-order valence-corrected chi connectivity index (χ1v) is 13.8. The van der Waals surface area contributed by atoms with Crippen LogP contribution in [-0.4, -0.2) is 16.1 Å². The Hall–Kier alpha value is 0.628. The Morgan fingerprint density at radius 1 is 0.789 bits per heavy atom. The Morgan fingerprint density at radius 2 is 1.11 bits per heavy atom. The summed E-state index contributed by atoms with van der Waals surface area (Å²) in [6.07, 6.45) is 17.6. The molecule has 0 spiro atoms. The molecule has 0 aromatic rings. The van der Waals surface area contributed by atoms with Crippen LogP contribution in [0.15, 0.2) is 34.7 Å². The smallest absolute Gasteiger partial charge is 0.0393 e. The molecule has 2 rings (SSSR count). The van der Waals surface area contributed by atoms with Crippen molar-refractivity contribution in [1.82, 2.24) is 0 Å². The molecule has 0 saturated carbocycles. The molecule has 3 heteroatoms. The van der Waals surface area contributed by atoms with E-state index < -0.39 is 16.1 Å². The maximum atomic E-state index is 3.36. The van der Waals surface area contributed by atoms with Gasteiger partial charge in [0.15, 0.2) is 0 Å². The van der Waals surface area contributed by atoms with Gasteiger partial charge in [-0.1, -0.05) is 39.3 Å². The van der Waals surface area contributed by atoms with Crippen LogP contribution in [0.4, 0.5) is 0 Å². The summed E-state index contributed by atoms with van der Waals surface area (Å²) in [6, 6.07) is 0. The van der Waals surface area contributed by atoms with Gasteiger partial charge in [0.2, 0.25) is 0 Å². The van der Waals surface area contributed by atoms with Crippen LogP contribution in [0, 0.1) is 49.0 Å². The molecule has 0 N–H and O–H groups in total. The topological polar surface area (TPSA) is 0 Å². The van der Waals surface area contributed by atoms with E-state index in [0.29, 0.717) is 0 Å². The Morgan fingerprint density at radius 3 is 1.21 bits per heavy atom. The molecule has 19 heavy (non-hydrogen) atoms. The summed E-state index contributed by atoms with van der Waals surface area (Å²) in [5, 5.41) is 2.98. The van der Waals surface area contributed by atoms with Gasteiger partial charge in [-0.05, 0) is 0 Å². The van der Waals surface area contributed by atoms with E-state index in [2.05, 4.69) is 75.7 Å². The van der Waals surface area contributed by atoms with Crippen LogP contribution in [0.25, 0.3) is 0 Å². The molecule has 0 aliphatic heterocycles. The fraction of sp³-hybridized carbons (Fsp3) is 0.500. The molecule has 0 nitrogen and oxygen atoms in total. The molecule has 0 aromatic heterocycles. The van der Waals surface area contributed by atoms with E-state index in [1.807, 2.05) is 0 Å². The summed E-state index contributed by atoms with van der Waals surface area (Å²) in [4.78, 5) is 0. The number of rotatable bonds is 2. The minimum Gasteiger partial charge on any atom is -1.00 e. The molecule has 2 aliphatic rings. The molecule has 117 valence electrons. The van der Waals surface area contributed by atoms with Crippen molar-refractivity contribution in [3.63, 3.8) is 0 Å². The molecule has 0 aromatic carbocycles. The Kier molecular flexibility index (Phi) is 8.43. The van der Waals surface area contributed by atoms with E-state index >= 15 is 0 Å². The second-order valence-corrected chi connectivity index (χ2v) is 17.0. The van der Waals surface area contributed by atoms with Gasteiger partial charge < -0.3 is 1.43 Å². The third kappa shape index (κ3) is 7.26. The second kappa shape index (κ2) is 8.16. The quantitative estimate of drug-likeness (QED) is 0.400. The molecule has 0 amide bonds. The SMILES string of the molecule is C[Si](C)(C)C1=[C-]CC=C1.C[Si](C)(C)C1=[C-]CC=C1.[H-].[Lu]. The molecular formula is C16H27LuSi2-3. The first kappa shape index (κ1) is 19.6. The van der Waals surface area contributed by atoms with Crippen LogP contribution in [0.2, 0.25) is 39.3 Å². The molecule has 1 radical (unpaired) electrons. The van der Waals surface area contributed by atoms with Gasteiger partial charge in [0.05, 0.1) is 0 Å². The van der Waals surface area contributed by atoms with Crippen LogP contribution in [0.1, 0.15) is 14.3 Å². The number of hydrogen-bond donors (Lipinski definition) is 0. The molecule has 0 atom stereocenters. The summed E-state index contributed by atoms with van der Waals surface area (Å²) in [5.41, 5.74) is 0. The van der Waals surface area contributed by atoms with E-state index in [1.54, 1.807) is 0 Å². The second-order valence-electron chi connectivity index (χ2n) is 6.89. The van der Waals surface area contributed by atoms with Gasteiger partial charge in [0, 0.05) is 53.0 Å². The zero-order valence-electron chi connectivity index (χ0n) is 14.0. The summed E-state index contributed by atoms with van der Waals surface area (Å²) in [6.45, 7) is 14.1. The van der Waals surface area contributed by atoms with Crippen LogP contribution in [0.3, 0.4) is 0 Å². The summed E-state index contributed by atoms with van der Waals surface area (Å²) < 4.78 is 0. The normalized spacial score (nSPS) is 17.4. The van der Waals surface area contributed by atoms with Crippen molar-refractivity contribution in [3.8, 4) is 0 Å². The van der Waals surface area contributed by atoms with Crippen LogP contribution in [0.5, 0.6) is 0 Å². The largest absolute Gasteiger partial charge is 1.00 e. The Balaban J connectivity index is 0. The maximum absolute atomic E-state index is 3.36. The maximum Gasteiger partial charge on any atom is 0.0393 e. The fourth-order valence-electron chi connectivity index (χ4n) is 1.84. The van der Waals surface area contributed by atoms with E-state index in [0.717, 1.165) is 12.8 Å². The zero-order chi connectivity index (χ0) is 13.8. The first-order chi connectivity index (χ1) is 8.21. The molecule has 0 bridgehead atoms. The summed E-state index contributed by atoms with van der Waals surface area (Å²) >= 11 is 0. The van der Waals surface area contributed by atoms with Crippen molar-refractivity contribution in [1.29, 1.82) is 0 Å². The minimum absolute atomic E-state index is 0. The van der Waals surface area contributed by atoms with Crippen molar-refractivity contribution in [3.05, 3.63) is 46.8 Å². The average Bonchev–Trinajstić information content (AvgIpc) is 2.91. The minimum atomic E-state index is -1.01. The summed E-state index contributed by atoms with van der Waals surface area (Å²) in [5.74, 6) is 0. The van der Waals surface area contributed by atoms with Crippen molar-refractivity contribution < 1.29 is 38.3 Å². The van der Waals surface area contributed by atoms with Crippen molar-refractivity contribution >= 4 is 16.1 Å². The molecule has 0 unspecified atom stereocenters. The van der Waals surface area contributed by atoms with E-state index in [4.69, 9.17) is 0 Å². The number of allylic oxidation sites excluding steroid dienone is 8. The van der Waals surface area contributed by atoms with Crippen LogP contribution in [-0.2, 0) is 0 Å². The molecular weight excluding hydrogens is 423 g/mol. The monoisotopic (exact) mass is 450 g/mol. The van der Waals surface area contributed by atoms with Crippen molar-refractivity contribution in [2.24, 2.45) is 0 Å². The van der Waals surface area contributed by atoms with Gasteiger partial charge >= 0.3 is 0 Å². The fourth-order valence-corrected chi connectivity index (χ4v) is 4.34. The van der Waals surface area contributed by atoms with Gasteiger partial charge in [-0.25, -0.2) is 22.5 Å². The zero-order valence-corrected chi connectivity index (χ0v) is 16.6. The van der Waals surface area contributed by atoms with E-state index in [9.17, 15) is 0 Å².